The van der Waals surface area contributed by atoms with E-state index in [1.165, 1.54) is 0 Å². The molecule has 1 amide bonds. The third-order valence-corrected chi connectivity index (χ3v) is 2.46. The molecule has 4 nitrogen and oxygen atoms in total. The minimum Gasteiger partial charge on any atom is -0.396 e. The molecule has 0 fully saturated rings. The Morgan fingerprint density at radius 3 is 2.27 bits per heavy atom. The van der Waals surface area contributed by atoms with Crippen molar-refractivity contribution in [2.45, 2.75) is 33.2 Å². The molecule has 0 aliphatic rings. The van der Waals surface area contributed by atoms with Crippen LogP contribution in [0, 0.1) is 5.41 Å². The number of likely N-dealkylation sites (N-methyl/N-ethyl adjacent to an activating group) is 1. The van der Waals surface area contributed by atoms with Crippen LogP contribution in [0.25, 0.3) is 0 Å². The van der Waals surface area contributed by atoms with Crippen LogP contribution >= 0.6 is 0 Å². The number of hydrogen-bond acceptors (Lipinski definition) is 3. The summed E-state index contributed by atoms with van der Waals surface area (Å²) in [7, 11) is 3.48. The van der Waals surface area contributed by atoms with Gasteiger partial charge in [-0.05, 0) is 11.8 Å². The van der Waals surface area contributed by atoms with Crippen LogP contribution in [0.2, 0.25) is 0 Å². The van der Waals surface area contributed by atoms with Crippen LogP contribution in [-0.2, 0) is 4.79 Å². The minimum absolute atomic E-state index is 0.0509. The van der Waals surface area contributed by atoms with Crippen LogP contribution < -0.4 is 5.32 Å². The standard InChI is InChI=1S/C11H24N2O2/c1-11(2,3)9(6-7-14)12-8-10(15)13(4)5/h9,12,14H,6-8H2,1-5H3. The summed E-state index contributed by atoms with van der Waals surface area (Å²) >= 11 is 0. The molecular weight excluding hydrogens is 192 g/mol. The molecule has 90 valence electrons. The highest BCUT2D eigenvalue weighted by atomic mass is 16.3. The predicted molar refractivity (Wildman–Crippen MR) is 61.6 cm³/mol. The van der Waals surface area contributed by atoms with E-state index in [2.05, 4.69) is 26.1 Å². The number of aliphatic hydroxyl groups is 1. The van der Waals surface area contributed by atoms with Crippen molar-refractivity contribution in [1.82, 2.24) is 10.2 Å². The Morgan fingerprint density at radius 2 is 1.93 bits per heavy atom. The van der Waals surface area contributed by atoms with Gasteiger partial charge in [-0.15, -0.1) is 0 Å². The van der Waals surface area contributed by atoms with E-state index in [0.29, 0.717) is 13.0 Å². The Hall–Kier alpha value is -0.610. The molecule has 15 heavy (non-hydrogen) atoms. The van der Waals surface area contributed by atoms with Crippen LogP contribution in [0.3, 0.4) is 0 Å². The van der Waals surface area contributed by atoms with E-state index in [4.69, 9.17) is 5.11 Å². The fourth-order valence-corrected chi connectivity index (χ4v) is 1.34. The van der Waals surface area contributed by atoms with Gasteiger partial charge < -0.3 is 15.3 Å². The fraction of sp³-hybridized carbons (Fsp3) is 0.909. The van der Waals surface area contributed by atoms with Gasteiger partial charge in [0.05, 0.1) is 6.54 Å². The van der Waals surface area contributed by atoms with Crippen molar-refractivity contribution in [2.75, 3.05) is 27.2 Å². The topological polar surface area (TPSA) is 52.6 Å². The molecule has 0 bridgehead atoms. The number of rotatable bonds is 5. The lowest BCUT2D eigenvalue weighted by molar-refractivity contribution is -0.128. The van der Waals surface area contributed by atoms with Gasteiger partial charge in [-0.2, -0.15) is 0 Å². The van der Waals surface area contributed by atoms with Crippen LogP contribution in [0.15, 0.2) is 0 Å². The predicted octanol–water partition coefficient (Wildman–Crippen LogP) is 0.461. The maximum absolute atomic E-state index is 11.4. The molecule has 2 N–H and O–H groups in total. The molecule has 0 aromatic heterocycles. The Balaban J connectivity index is 4.14. The molecule has 0 radical (unpaired) electrons. The summed E-state index contributed by atoms with van der Waals surface area (Å²) in [5, 5.41) is 12.1. The minimum atomic E-state index is 0.0509. The highest BCUT2D eigenvalue weighted by Gasteiger charge is 2.24. The second kappa shape index (κ2) is 6.08. The van der Waals surface area contributed by atoms with Gasteiger partial charge in [0.15, 0.2) is 0 Å². The molecule has 0 aromatic carbocycles. The molecule has 0 aliphatic carbocycles. The summed E-state index contributed by atoms with van der Waals surface area (Å²) in [5.74, 6) is 0.0576. The SMILES string of the molecule is CN(C)C(=O)CNC(CCO)C(C)(C)C. The van der Waals surface area contributed by atoms with Crippen molar-refractivity contribution in [2.24, 2.45) is 5.41 Å². The first kappa shape index (κ1) is 14.4. The smallest absolute Gasteiger partial charge is 0.236 e. The van der Waals surface area contributed by atoms with Gasteiger partial charge in [-0.25, -0.2) is 0 Å². The molecule has 0 spiro atoms. The molecule has 1 atom stereocenters. The summed E-state index contributed by atoms with van der Waals surface area (Å²) in [6.45, 7) is 6.77. The van der Waals surface area contributed by atoms with Crippen LogP contribution in [0.4, 0.5) is 0 Å². The van der Waals surface area contributed by atoms with Crippen molar-refractivity contribution in [3.05, 3.63) is 0 Å². The monoisotopic (exact) mass is 216 g/mol. The van der Waals surface area contributed by atoms with Crippen molar-refractivity contribution in [1.29, 1.82) is 0 Å². The third-order valence-electron chi connectivity index (χ3n) is 2.46. The quantitative estimate of drug-likeness (QED) is 0.702. The summed E-state index contributed by atoms with van der Waals surface area (Å²) < 4.78 is 0. The number of hydrogen-bond donors (Lipinski definition) is 2. The van der Waals surface area contributed by atoms with Gasteiger partial charge >= 0.3 is 0 Å². The van der Waals surface area contributed by atoms with Crippen LogP contribution in [0.5, 0.6) is 0 Å². The van der Waals surface area contributed by atoms with E-state index >= 15 is 0 Å². The average Bonchev–Trinajstić information content (AvgIpc) is 2.09. The highest BCUT2D eigenvalue weighted by Crippen LogP contribution is 2.21. The lowest BCUT2D eigenvalue weighted by Gasteiger charge is -2.31. The maximum Gasteiger partial charge on any atom is 0.236 e. The molecular formula is C11H24N2O2. The number of aliphatic hydroxyl groups excluding tert-OH is 1. The Labute approximate surface area is 92.7 Å². The molecule has 0 aliphatic heterocycles. The van der Waals surface area contributed by atoms with Gasteiger partial charge in [0.2, 0.25) is 5.91 Å². The number of carbonyl (C=O) groups excluding carboxylic acids is 1. The first-order valence-corrected chi connectivity index (χ1v) is 5.33. The van der Waals surface area contributed by atoms with E-state index in [-0.39, 0.29) is 24.0 Å². The normalized spacial score (nSPS) is 13.7. The molecule has 0 saturated heterocycles. The van der Waals surface area contributed by atoms with Crippen LogP contribution in [-0.4, -0.2) is 49.2 Å². The maximum atomic E-state index is 11.4. The van der Waals surface area contributed by atoms with Crippen LogP contribution in [0.1, 0.15) is 27.2 Å². The van der Waals surface area contributed by atoms with Gasteiger partial charge in [-0.3, -0.25) is 4.79 Å². The molecule has 0 aromatic rings. The molecule has 0 saturated carbocycles. The van der Waals surface area contributed by atoms with E-state index in [1.807, 2.05) is 0 Å². The fourth-order valence-electron chi connectivity index (χ4n) is 1.34. The second-order valence-electron chi connectivity index (χ2n) is 5.10. The zero-order chi connectivity index (χ0) is 12.1. The van der Waals surface area contributed by atoms with Crippen molar-refractivity contribution >= 4 is 5.91 Å². The Morgan fingerprint density at radius 1 is 1.40 bits per heavy atom. The highest BCUT2D eigenvalue weighted by molar-refractivity contribution is 5.77. The van der Waals surface area contributed by atoms with E-state index in [0.717, 1.165) is 0 Å². The largest absolute Gasteiger partial charge is 0.396 e. The lowest BCUT2D eigenvalue weighted by Crippen LogP contribution is -2.45. The number of nitrogens with zero attached hydrogens (tertiary/aromatic N) is 1. The van der Waals surface area contributed by atoms with E-state index < -0.39 is 0 Å². The third kappa shape index (κ3) is 5.74. The molecule has 0 rings (SSSR count). The summed E-state index contributed by atoms with van der Waals surface area (Å²) in [6.07, 6.45) is 0.671. The first-order valence-electron chi connectivity index (χ1n) is 5.33. The van der Waals surface area contributed by atoms with Crippen molar-refractivity contribution in [3.8, 4) is 0 Å². The first-order chi connectivity index (χ1) is 6.79. The zero-order valence-corrected chi connectivity index (χ0v) is 10.5. The summed E-state index contributed by atoms with van der Waals surface area (Å²) in [5.41, 5.74) is 0.0509. The summed E-state index contributed by atoms with van der Waals surface area (Å²) in [6, 6.07) is 0.159. The lowest BCUT2D eigenvalue weighted by atomic mass is 9.85. The average molecular weight is 216 g/mol. The molecule has 1 unspecified atom stereocenters. The van der Waals surface area contributed by atoms with Crippen molar-refractivity contribution in [3.63, 3.8) is 0 Å². The molecule has 4 heteroatoms. The van der Waals surface area contributed by atoms with E-state index in [1.54, 1.807) is 19.0 Å². The van der Waals surface area contributed by atoms with E-state index in [9.17, 15) is 4.79 Å². The zero-order valence-electron chi connectivity index (χ0n) is 10.5. The second-order valence-corrected chi connectivity index (χ2v) is 5.10. The van der Waals surface area contributed by atoms with Gasteiger partial charge in [-0.1, -0.05) is 20.8 Å². The van der Waals surface area contributed by atoms with Gasteiger partial charge in [0.1, 0.15) is 0 Å². The Kier molecular flexibility index (Phi) is 5.83. The van der Waals surface area contributed by atoms with Crippen molar-refractivity contribution < 1.29 is 9.90 Å². The Bertz CT molecular complexity index is 197. The summed E-state index contributed by atoms with van der Waals surface area (Å²) in [4.78, 5) is 12.9. The van der Waals surface area contributed by atoms with Gasteiger partial charge in [0.25, 0.3) is 0 Å². The number of carbonyl (C=O) groups is 1. The van der Waals surface area contributed by atoms with Gasteiger partial charge in [0, 0.05) is 26.7 Å². The number of nitrogens with one attached hydrogen (secondary N) is 1. The molecule has 0 heterocycles. The number of amides is 1.